The van der Waals surface area contributed by atoms with Crippen LogP contribution in [0.2, 0.25) is 0 Å². The van der Waals surface area contributed by atoms with E-state index >= 15 is 0 Å². The van der Waals surface area contributed by atoms with Gasteiger partial charge in [-0.3, -0.25) is 0 Å². The molecular formula is C18H22N2O2. The fourth-order valence-electron chi connectivity index (χ4n) is 2.22. The molecule has 2 rings (SSSR count). The lowest BCUT2D eigenvalue weighted by molar-refractivity contribution is 0.173. The molecule has 0 aromatic heterocycles. The Morgan fingerprint density at radius 3 is 2.73 bits per heavy atom. The number of hydrogen-bond acceptors (Lipinski definition) is 2. The average Bonchev–Trinajstić information content (AvgIpc) is 2.56. The van der Waals surface area contributed by atoms with Crippen LogP contribution < -0.4 is 10.6 Å². The van der Waals surface area contributed by atoms with E-state index in [9.17, 15) is 9.90 Å². The quantitative estimate of drug-likeness (QED) is 0.567. The smallest absolute Gasteiger partial charge is 0.314 e. The van der Waals surface area contributed by atoms with E-state index in [4.69, 9.17) is 0 Å². The lowest BCUT2D eigenvalue weighted by Gasteiger charge is -2.13. The molecule has 1 unspecified atom stereocenters. The van der Waals surface area contributed by atoms with Gasteiger partial charge < -0.3 is 15.7 Å². The van der Waals surface area contributed by atoms with Crippen molar-refractivity contribution in [2.75, 3.05) is 13.1 Å². The van der Waals surface area contributed by atoms with Gasteiger partial charge in [-0.1, -0.05) is 48.6 Å². The largest absolute Gasteiger partial charge is 0.387 e. The summed E-state index contributed by atoms with van der Waals surface area (Å²) in [6, 6.07) is 13.5. The molecule has 2 aromatic rings. The van der Waals surface area contributed by atoms with Crippen molar-refractivity contribution < 1.29 is 9.90 Å². The van der Waals surface area contributed by atoms with Gasteiger partial charge in [0.2, 0.25) is 0 Å². The fraction of sp³-hybridized carbons (Fsp3) is 0.278. The molecule has 2 aromatic carbocycles. The molecule has 0 spiro atoms. The molecule has 0 fully saturated rings. The molecule has 4 heteroatoms. The zero-order valence-electron chi connectivity index (χ0n) is 12.8. The first-order chi connectivity index (χ1) is 10.7. The van der Waals surface area contributed by atoms with Gasteiger partial charge in [-0.05, 0) is 35.7 Å². The fourth-order valence-corrected chi connectivity index (χ4v) is 2.22. The monoisotopic (exact) mass is 298 g/mol. The van der Waals surface area contributed by atoms with Crippen LogP contribution in [-0.2, 0) is 0 Å². The first kappa shape index (κ1) is 16.0. The summed E-state index contributed by atoms with van der Waals surface area (Å²) in [5.41, 5.74) is 0.799. The topological polar surface area (TPSA) is 61.4 Å². The Morgan fingerprint density at radius 1 is 1.18 bits per heavy atom. The molecule has 22 heavy (non-hydrogen) atoms. The summed E-state index contributed by atoms with van der Waals surface area (Å²) in [6.45, 7) is 2.72. The highest BCUT2D eigenvalue weighted by Gasteiger charge is 2.09. The second-order valence-corrected chi connectivity index (χ2v) is 5.12. The average molecular weight is 298 g/mol. The van der Waals surface area contributed by atoms with Crippen molar-refractivity contribution in [2.24, 2.45) is 0 Å². The van der Waals surface area contributed by atoms with Crippen LogP contribution in [0.4, 0.5) is 4.79 Å². The third-order valence-electron chi connectivity index (χ3n) is 3.45. The van der Waals surface area contributed by atoms with Gasteiger partial charge in [-0.15, -0.1) is 0 Å². The van der Waals surface area contributed by atoms with Crippen molar-refractivity contribution in [1.82, 2.24) is 10.6 Å². The van der Waals surface area contributed by atoms with Crippen LogP contribution in [0, 0.1) is 0 Å². The Labute approximate surface area is 130 Å². The van der Waals surface area contributed by atoms with Crippen molar-refractivity contribution in [3.8, 4) is 0 Å². The second-order valence-electron chi connectivity index (χ2n) is 5.12. The molecule has 0 saturated heterocycles. The van der Waals surface area contributed by atoms with E-state index < -0.39 is 6.10 Å². The van der Waals surface area contributed by atoms with Crippen molar-refractivity contribution in [1.29, 1.82) is 0 Å². The predicted molar refractivity (Wildman–Crippen MR) is 89.7 cm³/mol. The summed E-state index contributed by atoms with van der Waals surface area (Å²) in [5.74, 6) is 0. The summed E-state index contributed by atoms with van der Waals surface area (Å²) in [7, 11) is 0. The highest BCUT2D eigenvalue weighted by atomic mass is 16.3. The van der Waals surface area contributed by atoms with Crippen LogP contribution in [0.5, 0.6) is 0 Å². The van der Waals surface area contributed by atoms with Gasteiger partial charge in [-0.2, -0.15) is 0 Å². The Kier molecular flexibility index (Phi) is 5.98. The lowest BCUT2D eigenvalue weighted by Crippen LogP contribution is -2.38. The van der Waals surface area contributed by atoms with E-state index in [1.165, 1.54) is 0 Å². The summed E-state index contributed by atoms with van der Waals surface area (Å²) >= 11 is 0. The number of fused-ring (bicyclic) bond motifs is 1. The Balaban J connectivity index is 1.85. The molecule has 116 valence electrons. The Morgan fingerprint density at radius 2 is 1.95 bits per heavy atom. The number of benzene rings is 2. The minimum Gasteiger partial charge on any atom is -0.387 e. The highest BCUT2D eigenvalue weighted by molar-refractivity contribution is 5.83. The molecule has 0 saturated carbocycles. The number of amides is 2. The van der Waals surface area contributed by atoms with E-state index in [-0.39, 0.29) is 12.6 Å². The standard InChI is InChI=1S/C18H22N2O2/c1-2-3-6-11-19-18(22)20-13-17(21)16-10-9-14-7-4-5-8-15(14)12-16/h2-5,7-10,12,17,21H,6,11,13H2,1H3,(H2,19,20,22). The van der Waals surface area contributed by atoms with Crippen molar-refractivity contribution in [3.05, 3.63) is 60.2 Å². The van der Waals surface area contributed by atoms with Crippen LogP contribution in [0.3, 0.4) is 0 Å². The van der Waals surface area contributed by atoms with Gasteiger partial charge >= 0.3 is 6.03 Å². The molecule has 3 N–H and O–H groups in total. The van der Waals surface area contributed by atoms with Crippen LogP contribution in [-0.4, -0.2) is 24.2 Å². The Bertz CT molecular complexity index is 652. The van der Waals surface area contributed by atoms with Crippen molar-refractivity contribution in [3.63, 3.8) is 0 Å². The van der Waals surface area contributed by atoms with Gasteiger partial charge in [0.1, 0.15) is 0 Å². The van der Waals surface area contributed by atoms with E-state index in [1.54, 1.807) is 0 Å². The van der Waals surface area contributed by atoms with Gasteiger partial charge in [-0.25, -0.2) is 4.79 Å². The molecular weight excluding hydrogens is 276 g/mol. The van der Waals surface area contributed by atoms with Crippen molar-refractivity contribution >= 4 is 16.8 Å². The maximum absolute atomic E-state index is 11.6. The minimum atomic E-state index is -0.717. The number of allylic oxidation sites excluding steroid dienone is 1. The number of hydrogen-bond donors (Lipinski definition) is 3. The molecule has 0 heterocycles. The third kappa shape index (κ3) is 4.60. The highest BCUT2D eigenvalue weighted by Crippen LogP contribution is 2.19. The van der Waals surface area contributed by atoms with Crippen LogP contribution in [0.1, 0.15) is 25.0 Å². The number of urea groups is 1. The predicted octanol–water partition coefficient (Wildman–Crippen LogP) is 3.14. The third-order valence-corrected chi connectivity index (χ3v) is 3.45. The van der Waals surface area contributed by atoms with E-state index in [1.807, 2.05) is 61.5 Å². The molecule has 0 aliphatic carbocycles. The first-order valence-corrected chi connectivity index (χ1v) is 7.50. The number of rotatable bonds is 6. The van der Waals surface area contributed by atoms with Gasteiger partial charge in [0.05, 0.1) is 6.10 Å². The van der Waals surface area contributed by atoms with Crippen LogP contribution in [0.15, 0.2) is 54.6 Å². The normalized spacial score (nSPS) is 12.5. The van der Waals surface area contributed by atoms with E-state index in [0.717, 1.165) is 22.8 Å². The first-order valence-electron chi connectivity index (χ1n) is 7.50. The Hall–Kier alpha value is -2.33. The summed E-state index contributed by atoms with van der Waals surface area (Å²) in [4.78, 5) is 11.6. The molecule has 0 aliphatic rings. The SMILES string of the molecule is CC=CCCNC(=O)NCC(O)c1ccc2ccccc2c1. The summed E-state index contributed by atoms with van der Waals surface area (Å²) in [5, 5.41) is 17.8. The van der Waals surface area contributed by atoms with Crippen molar-refractivity contribution in [2.45, 2.75) is 19.4 Å². The summed E-state index contributed by atoms with van der Waals surface area (Å²) in [6.07, 6.45) is 4.02. The molecule has 0 radical (unpaired) electrons. The maximum atomic E-state index is 11.6. The molecule has 0 bridgehead atoms. The second kappa shape index (κ2) is 8.20. The zero-order valence-corrected chi connectivity index (χ0v) is 12.8. The summed E-state index contributed by atoms with van der Waals surface area (Å²) < 4.78 is 0. The minimum absolute atomic E-state index is 0.188. The molecule has 4 nitrogen and oxygen atoms in total. The number of nitrogens with one attached hydrogen (secondary N) is 2. The molecule has 0 aliphatic heterocycles. The number of carbonyl (C=O) groups is 1. The maximum Gasteiger partial charge on any atom is 0.314 e. The van der Waals surface area contributed by atoms with E-state index in [0.29, 0.717) is 6.54 Å². The van der Waals surface area contributed by atoms with Crippen LogP contribution >= 0.6 is 0 Å². The number of aliphatic hydroxyl groups excluding tert-OH is 1. The lowest BCUT2D eigenvalue weighted by atomic mass is 10.0. The van der Waals surface area contributed by atoms with Gasteiger partial charge in [0.25, 0.3) is 0 Å². The zero-order chi connectivity index (χ0) is 15.8. The van der Waals surface area contributed by atoms with Gasteiger partial charge in [0, 0.05) is 13.1 Å². The van der Waals surface area contributed by atoms with Crippen LogP contribution in [0.25, 0.3) is 10.8 Å². The van der Waals surface area contributed by atoms with E-state index in [2.05, 4.69) is 10.6 Å². The number of aliphatic hydroxyl groups is 1. The molecule has 2 amide bonds. The number of carbonyl (C=O) groups excluding carboxylic acids is 1. The van der Waals surface area contributed by atoms with Gasteiger partial charge in [0.15, 0.2) is 0 Å². The molecule has 1 atom stereocenters.